The van der Waals surface area contributed by atoms with E-state index in [1.54, 1.807) is 0 Å². The number of likely N-dealkylation sites (tertiary alicyclic amines) is 1. The van der Waals surface area contributed by atoms with E-state index in [9.17, 15) is 4.79 Å². The van der Waals surface area contributed by atoms with Gasteiger partial charge in [0, 0.05) is 25.2 Å². The molecule has 0 bridgehead atoms. The number of rotatable bonds is 5. The van der Waals surface area contributed by atoms with Gasteiger partial charge in [-0.15, -0.1) is 0 Å². The Kier molecular flexibility index (Phi) is 6.47. The van der Waals surface area contributed by atoms with Gasteiger partial charge in [-0.25, -0.2) is 4.79 Å². The quantitative estimate of drug-likeness (QED) is 0.822. The minimum Gasteiger partial charge on any atom is -0.450 e. The van der Waals surface area contributed by atoms with Crippen LogP contribution in [0.3, 0.4) is 0 Å². The van der Waals surface area contributed by atoms with Crippen LogP contribution in [-0.2, 0) is 4.74 Å². The van der Waals surface area contributed by atoms with Gasteiger partial charge in [0.1, 0.15) is 0 Å². The molecule has 0 spiro atoms. The summed E-state index contributed by atoms with van der Waals surface area (Å²) in [5, 5.41) is 2.99. The Labute approximate surface area is 111 Å². The molecule has 106 valence electrons. The minimum absolute atomic E-state index is 0.233. The molecule has 1 aliphatic heterocycles. The molecular formula is C14H28N2O2. The summed E-state index contributed by atoms with van der Waals surface area (Å²) in [6.07, 6.45) is 3.13. The van der Waals surface area contributed by atoms with Crippen molar-refractivity contribution in [3.05, 3.63) is 0 Å². The van der Waals surface area contributed by atoms with Gasteiger partial charge in [-0.05, 0) is 32.6 Å². The van der Waals surface area contributed by atoms with Gasteiger partial charge in [-0.3, -0.25) is 4.90 Å². The lowest BCUT2D eigenvalue weighted by Crippen LogP contribution is -2.53. The zero-order valence-electron chi connectivity index (χ0n) is 12.2. The standard InChI is InChI=1S/C14H28N2O2/c1-5-11(4)16-9-12(6-2)8-13(10-16)15-14(17)18-7-3/h11-13H,5-10H2,1-4H3,(H,15,17). The van der Waals surface area contributed by atoms with Crippen molar-refractivity contribution in [1.82, 2.24) is 10.2 Å². The lowest BCUT2D eigenvalue weighted by atomic mass is 9.91. The number of nitrogens with one attached hydrogen (secondary N) is 1. The Bertz CT molecular complexity index is 258. The van der Waals surface area contributed by atoms with Crippen LogP contribution in [-0.4, -0.2) is 42.8 Å². The van der Waals surface area contributed by atoms with Crippen LogP contribution in [0.1, 0.15) is 47.0 Å². The van der Waals surface area contributed by atoms with Crippen LogP contribution < -0.4 is 5.32 Å². The highest BCUT2D eigenvalue weighted by Gasteiger charge is 2.29. The van der Waals surface area contributed by atoms with Crippen molar-refractivity contribution in [3.8, 4) is 0 Å². The van der Waals surface area contributed by atoms with Gasteiger partial charge in [0.2, 0.25) is 0 Å². The fourth-order valence-corrected chi connectivity index (χ4v) is 2.60. The van der Waals surface area contributed by atoms with Gasteiger partial charge in [-0.2, -0.15) is 0 Å². The molecule has 1 rings (SSSR count). The first kappa shape index (κ1) is 15.3. The van der Waals surface area contributed by atoms with Crippen molar-refractivity contribution in [3.63, 3.8) is 0 Å². The van der Waals surface area contributed by atoms with E-state index in [0.29, 0.717) is 18.6 Å². The number of hydrogen-bond donors (Lipinski definition) is 1. The zero-order valence-corrected chi connectivity index (χ0v) is 12.2. The lowest BCUT2D eigenvalue weighted by molar-refractivity contribution is 0.0915. The molecule has 18 heavy (non-hydrogen) atoms. The number of nitrogens with zero attached hydrogens (tertiary/aromatic N) is 1. The first-order valence-electron chi connectivity index (χ1n) is 7.27. The van der Waals surface area contributed by atoms with E-state index in [2.05, 4.69) is 31.0 Å². The molecule has 4 nitrogen and oxygen atoms in total. The van der Waals surface area contributed by atoms with E-state index in [-0.39, 0.29) is 12.1 Å². The molecule has 1 saturated heterocycles. The fourth-order valence-electron chi connectivity index (χ4n) is 2.60. The van der Waals surface area contributed by atoms with Crippen LogP contribution in [0.25, 0.3) is 0 Å². The molecule has 1 aliphatic rings. The summed E-state index contributed by atoms with van der Waals surface area (Å²) in [7, 11) is 0. The van der Waals surface area contributed by atoms with Gasteiger partial charge in [0.05, 0.1) is 6.61 Å². The average Bonchev–Trinajstić information content (AvgIpc) is 2.37. The SMILES string of the molecule is CCOC(=O)NC1CC(CC)CN(C(C)CC)C1. The van der Waals surface area contributed by atoms with E-state index >= 15 is 0 Å². The summed E-state index contributed by atoms with van der Waals surface area (Å²) in [6, 6.07) is 0.822. The van der Waals surface area contributed by atoms with E-state index in [4.69, 9.17) is 4.74 Å². The number of amides is 1. The van der Waals surface area contributed by atoms with Gasteiger partial charge in [-0.1, -0.05) is 20.3 Å². The van der Waals surface area contributed by atoms with Gasteiger partial charge in [0.15, 0.2) is 0 Å². The largest absolute Gasteiger partial charge is 0.450 e. The number of piperidine rings is 1. The van der Waals surface area contributed by atoms with Crippen LogP contribution in [0, 0.1) is 5.92 Å². The number of ether oxygens (including phenoxy) is 1. The molecule has 0 aromatic rings. The first-order chi connectivity index (χ1) is 8.60. The van der Waals surface area contributed by atoms with Crippen LogP contribution in [0.2, 0.25) is 0 Å². The highest BCUT2D eigenvalue weighted by molar-refractivity contribution is 5.67. The van der Waals surface area contributed by atoms with E-state index < -0.39 is 0 Å². The summed E-state index contributed by atoms with van der Waals surface area (Å²) in [5.74, 6) is 0.680. The normalized spacial score (nSPS) is 26.7. The van der Waals surface area contributed by atoms with Crippen molar-refractivity contribution in [1.29, 1.82) is 0 Å². The van der Waals surface area contributed by atoms with Crippen LogP contribution >= 0.6 is 0 Å². The summed E-state index contributed by atoms with van der Waals surface area (Å²) in [5.41, 5.74) is 0. The second-order valence-electron chi connectivity index (χ2n) is 5.28. The molecular weight excluding hydrogens is 228 g/mol. The molecule has 0 aromatic carbocycles. The third-order valence-corrected chi connectivity index (χ3v) is 3.95. The lowest BCUT2D eigenvalue weighted by Gasteiger charge is -2.40. The Balaban J connectivity index is 2.53. The van der Waals surface area contributed by atoms with Gasteiger partial charge in [0.25, 0.3) is 0 Å². The topological polar surface area (TPSA) is 41.6 Å². The Morgan fingerprint density at radius 1 is 1.39 bits per heavy atom. The highest BCUT2D eigenvalue weighted by atomic mass is 16.5. The van der Waals surface area contributed by atoms with Crippen molar-refractivity contribution in [2.24, 2.45) is 5.92 Å². The van der Waals surface area contributed by atoms with E-state index in [1.807, 2.05) is 6.92 Å². The Morgan fingerprint density at radius 3 is 2.67 bits per heavy atom. The predicted molar refractivity (Wildman–Crippen MR) is 73.7 cm³/mol. The first-order valence-corrected chi connectivity index (χ1v) is 7.27. The molecule has 1 heterocycles. The monoisotopic (exact) mass is 256 g/mol. The zero-order chi connectivity index (χ0) is 13.5. The summed E-state index contributed by atoms with van der Waals surface area (Å²) in [6.45, 7) is 11.1. The number of carbonyl (C=O) groups is 1. The highest BCUT2D eigenvalue weighted by Crippen LogP contribution is 2.22. The smallest absolute Gasteiger partial charge is 0.407 e. The average molecular weight is 256 g/mol. The Hall–Kier alpha value is -0.770. The van der Waals surface area contributed by atoms with Crippen molar-refractivity contribution < 1.29 is 9.53 Å². The van der Waals surface area contributed by atoms with Crippen molar-refractivity contribution >= 4 is 6.09 Å². The maximum atomic E-state index is 11.5. The third kappa shape index (κ3) is 4.48. The molecule has 1 N–H and O–H groups in total. The number of alkyl carbamates (subject to hydrolysis) is 1. The minimum atomic E-state index is -0.275. The summed E-state index contributed by atoms with van der Waals surface area (Å²) in [4.78, 5) is 14.0. The number of hydrogen-bond acceptors (Lipinski definition) is 3. The Morgan fingerprint density at radius 2 is 2.11 bits per heavy atom. The van der Waals surface area contributed by atoms with Gasteiger partial charge >= 0.3 is 6.09 Å². The molecule has 3 atom stereocenters. The molecule has 1 amide bonds. The summed E-state index contributed by atoms with van der Waals surface area (Å²) >= 11 is 0. The molecule has 0 aromatic heterocycles. The third-order valence-electron chi connectivity index (χ3n) is 3.95. The fraction of sp³-hybridized carbons (Fsp3) is 0.929. The van der Waals surface area contributed by atoms with E-state index in [1.165, 1.54) is 6.42 Å². The molecule has 1 fully saturated rings. The summed E-state index contributed by atoms with van der Waals surface area (Å²) < 4.78 is 4.97. The number of carbonyl (C=O) groups excluding carboxylic acids is 1. The second-order valence-corrected chi connectivity index (χ2v) is 5.28. The maximum Gasteiger partial charge on any atom is 0.407 e. The molecule has 0 radical (unpaired) electrons. The predicted octanol–water partition coefficient (Wildman–Crippen LogP) is 2.63. The molecule has 3 unspecified atom stereocenters. The molecule has 0 aliphatic carbocycles. The van der Waals surface area contributed by atoms with Crippen LogP contribution in [0.5, 0.6) is 0 Å². The van der Waals surface area contributed by atoms with Gasteiger partial charge < -0.3 is 10.1 Å². The van der Waals surface area contributed by atoms with Crippen LogP contribution in [0.4, 0.5) is 4.79 Å². The molecule has 4 heteroatoms. The maximum absolute atomic E-state index is 11.5. The van der Waals surface area contributed by atoms with Crippen molar-refractivity contribution in [2.75, 3.05) is 19.7 Å². The van der Waals surface area contributed by atoms with Crippen LogP contribution in [0.15, 0.2) is 0 Å². The molecule has 0 saturated carbocycles. The van der Waals surface area contributed by atoms with E-state index in [0.717, 1.165) is 25.9 Å². The second kappa shape index (κ2) is 7.62. The van der Waals surface area contributed by atoms with Crippen molar-refractivity contribution in [2.45, 2.75) is 59.0 Å².